The summed E-state index contributed by atoms with van der Waals surface area (Å²) >= 11 is 0. The molecule has 0 unspecified atom stereocenters. The molecule has 2 aromatic carbocycles. The smallest absolute Gasteiger partial charge is 0.330 e. The molecule has 0 atom stereocenters. The minimum Gasteiger partial charge on any atom is -0.466 e. The molecule has 0 aliphatic carbocycles. The number of anilines is 1. The lowest BCUT2D eigenvalue weighted by atomic mass is 9.98. The van der Waals surface area contributed by atoms with Gasteiger partial charge in [0.1, 0.15) is 0 Å². The third-order valence-corrected chi connectivity index (χ3v) is 3.95. The van der Waals surface area contributed by atoms with Crippen molar-refractivity contribution in [3.63, 3.8) is 0 Å². The van der Waals surface area contributed by atoms with E-state index in [4.69, 9.17) is 0 Å². The number of carbonyl (C=O) groups is 2. The first-order chi connectivity index (χ1) is 11.6. The summed E-state index contributed by atoms with van der Waals surface area (Å²) < 4.78 is 4.64. The number of methoxy groups -OCH3 is 1. The predicted octanol–water partition coefficient (Wildman–Crippen LogP) is 3.39. The zero-order valence-electron chi connectivity index (χ0n) is 13.5. The lowest BCUT2D eigenvalue weighted by Gasteiger charge is -2.09. The quantitative estimate of drug-likeness (QED) is 0.643. The molecule has 4 heteroatoms. The average Bonchev–Trinajstić information content (AvgIpc) is 2.86. The normalized spacial score (nSPS) is 15.2. The number of fused-ring (bicyclic) bond motifs is 1. The van der Waals surface area contributed by atoms with Crippen LogP contribution in [0.15, 0.2) is 54.6 Å². The molecule has 1 amide bonds. The maximum absolute atomic E-state index is 12.7. The number of rotatable bonds is 3. The number of esters is 1. The highest BCUT2D eigenvalue weighted by Crippen LogP contribution is 2.39. The number of hydrogen-bond donors (Lipinski definition) is 0. The van der Waals surface area contributed by atoms with Crippen molar-refractivity contribution in [2.75, 3.05) is 19.1 Å². The summed E-state index contributed by atoms with van der Waals surface area (Å²) in [5.41, 5.74) is 4.03. The van der Waals surface area contributed by atoms with Crippen LogP contribution in [0.3, 0.4) is 0 Å². The maximum atomic E-state index is 12.7. The fraction of sp³-hybridized carbons (Fsp3) is 0.100. The van der Waals surface area contributed by atoms with Gasteiger partial charge in [-0.05, 0) is 29.3 Å². The summed E-state index contributed by atoms with van der Waals surface area (Å²) in [7, 11) is 3.08. The second-order valence-corrected chi connectivity index (χ2v) is 5.43. The zero-order valence-corrected chi connectivity index (χ0v) is 13.5. The van der Waals surface area contributed by atoms with E-state index >= 15 is 0 Å². The Labute approximate surface area is 140 Å². The summed E-state index contributed by atoms with van der Waals surface area (Å²) in [6.45, 7) is 0. The Bertz CT molecular complexity index is 850. The van der Waals surface area contributed by atoms with Crippen molar-refractivity contribution >= 4 is 35.3 Å². The molecule has 0 N–H and O–H groups in total. The van der Waals surface area contributed by atoms with E-state index in [1.807, 2.05) is 54.6 Å². The van der Waals surface area contributed by atoms with Gasteiger partial charge in [0.2, 0.25) is 0 Å². The van der Waals surface area contributed by atoms with Gasteiger partial charge in [0.05, 0.1) is 18.4 Å². The van der Waals surface area contributed by atoms with E-state index in [-0.39, 0.29) is 5.91 Å². The van der Waals surface area contributed by atoms with Crippen LogP contribution in [0.1, 0.15) is 16.7 Å². The molecule has 0 saturated carbocycles. The molecular formula is C20H17NO3. The third kappa shape index (κ3) is 2.86. The second-order valence-electron chi connectivity index (χ2n) is 5.43. The highest BCUT2D eigenvalue weighted by Gasteiger charge is 2.31. The van der Waals surface area contributed by atoms with Crippen LogP contribution < -0.4 is 4.90 Å². The number of hydrogen-bond acceptors (Lipinski definition) is 3. The fourth-order valence-electron chi connectivity index (χ4n) is 2.74. The van der Waals surface area contributed by atoms with Crippen molar-refractivity contribution in [1.82, 2.24) is 0 Å². The van der Waals surface area contributed by atoms with E-state index in [2.05, 4.69) is 4.74 Å². The number of amides is 1. The molecule has 0 radical (unpaired) electrons. The van der Waals surface area contributed by atoms with Gasteiger partial charge in [-0.1, -0.05) is 42.5 Å². The molecule has 0 aromatic heterocycles. The van der Waals surface area contributed by atoms with Crippen molar-refractivity contribution < 1.29 is 14.3 Å². The number of nitrogens with zero attached hydrogens (tertiary/aromatic N) is 1. The second kappa shape index (κ2) is 6.54. The minimum atomic E-state index is -0.432. The molecule has 1 heterocycles. The van der Waals surface area contributed by atoms with Crippen LogP contribution in [0, 0.1) is 0 Å². The van der Waals surface area contributed by atoms with Gasteiger partial charge in [0, 0.05) is 18.7 Å². The molecule has 120 valence electrons. The topological polar surface area (TPSA) is 46.6 Å². The van der Waals surface area contributed by atoms with Crippen LogP contribution in [0.25, 0.3) is 17.7 Å². The van der Waals surface area contributed by atoms with Gasteiger partial charge in [-0.25, -0.2) is 4.79 Å². The molecule has 3 rings (SSSR count). The highest BCUT2D eigenvalue weighted by molar-refractivity contribution is 6.36. The molecule has 0 spiro atoms. The van der Waals surface area contributed by atoms with Crippen LogP contribution in [0.2, 0.25) is 0 Å². The minimum absolute atomic E-state index is 0.0622. The van der Waals surface area contributed by atoms with Crippen molar-refractivity contribution in [3.05, 3.63) is 71.3 Å². The molecule has 1 aliphatic rings. The van der Waals surface area contributed by atoms with Gasteiger partial charge in [0.15, 0.2) is 0 Å². The molecule has 0 bridgehead atoms. The fourth-order valence-corrected chi connectivity index (χ4v) is 2.74. The van der Waals surface area contributed by atoms with Gasteiger partial charge in [0.25, 0.3) is 5.91 Å². The Morgan fingerprint density at radius 3 is 2.54 bits per heavy atom. The van der Waals surface area contributed by atoms with Crippen LogP contribution in [-0.4, -0.2) is 26.0 Å². The standard InChI is InChI=1S/C20H17NO3/c1-21-17-10-6-9-15(11-12-18(22)24-2)19(17)16(20(21)23)13-14-7-4-3-5-8-14/h3-13H,1-2H3/b12-11+,16-13-. The van der Waals surface area contributed by atoms with E-state index in [1.165, 1.54) is 13.2 Å². The summed E-state index contributed by atoms with van der Waals surface area (Å²) in [6.07, 6.45) is 4.91. The molecule has 1 aliphatic heterocycles. The SMILES string of the molecule is COC(=O)/C=C/c1cccc2c1/C(=C/c1ccccc1)C(=O)N2C. The van der Waals surface area contributed by atoms with E-state index in [0.29, 0.717) is 5.57 Å². The summed E-state index contributed by atoms with van der Waals surface area (Å²) in [4.78, 5) is 25.7. The first-order valence-electron chi connectivity index (χ1n) is 7.56. The Kier molecular flexibility index (Phi) is 4.29. The van der Waals surface area contributed by atoms with Gasteiger partial charge >= 0.3 is 5.97 Å². The number of likely N-dealkylation sites (N-methyl/N-ethyl adjacent to an activating group) is 1. The van der Waals surface area contributed by atoms with Crippen LogP contribution >= 0.6 is 0 Å². The maximum Gasteiger partial charge on any atom is 0.330 e. The first kappa shape index (κ1) is 15.7. The van der Waals surface area contributed by atoms with Crippen LogP contribution in [-0.2, 0) is 14.3 Å². The zero-order chi connectivity index (χ0) is 17.1. The van der Waals surface area contributed by atoms with E-state index in [0.717, 1.165) is 22.4 Å². The Morgan fingerprint density at radius 2 is 1.83 bits per heavy atom. The highest BCUT2D eigenvalue weighted by atomic mass is 16.5. The summed E-state index contributed by atoms with van der Waals surface area (Å²) in [5, 5.41) is 0. The number of benzene rings is 2. The number of ether oxygens (including phenoxy) is 1. The Morgan fingerprint density at radius 1 is 1.08 bits per heavy atom. The molecule has 0 fully saturated rings. The van der Waals surface area contributed by atoms with Crippen molar-refractivity contribution in [2.24, 2.45) is 0 Å². The van der Waals surface area contributed by atoms with Gasteiger partial charge in [-0.3, -0.25) is 4.79 Å². The van der Waals surface area contributed by atoms with Crippen molar-refractivity contribution in [3.8, 4) is 0 Å². The lowest BCUT2D eigenvalue weighted by Crippen LogP contribution is -2.20. The molecular weight excluding hydrogens is 302 g/mol. The van der Waals surface area contributed by atoms with Crippen LogP contribution in [0.4, 0.5) is 5.69 Å². The van der Waals surface area contributed by atoms with Gasteiger partial charge in [-0.2, -0.15) is 0 Å². The van der Waals surface area contributed by atoms with Gasteiger partial charge < -0.3 is 9.64 Å². The monoisotopic (exact) mass is 319 g/mol. The van der Waals surface area contributed by atoms with E-state index in [1.54, 1.807) is 18.0 Å². The first-order valence-corrected chi connectivity index (χ1v) is 7.56. The molecule has 4 nitrogen and oxygen atoms in total. The van der Waals surface area contributed by atoms with E-state index < -0.39 is 5.97 Å². The lowest BCUT2D eigenvalue weighted by molar-refractivity contribution is -0.134. The molecule has 24 heavy (non-hydrogen) atoms. The van der Waals surface area contributed by atoms with Crippen LogP contribution in [0.5, 0.6) is 0 Å². The largest absolute Gasteiger partial charge is 0.466 e. The van der Waals surface area contributed by atoms with Crippen molar-refractivity contribution in [1.29, 1.82) is 0 Å². The molecule has 2 aromatic rings. The molecule has 0 saturated heterocycles. The Hall–Kier alpha value is -3.14. The summed E-state index contributed by atoms with van der Waals surface area (Å²) in [5.74, 6) is -0.494. The third-order valence-electron chi connectivity index (χ3n) is 3.95. The Balaban J connectivity index is 2.13. The number of carbonyl (C=O) groups excluding carboxylic acids is 2. The summed E-state index contributed by atoms with van der Waals surface area (Å²) in [6, 6.07) is 15.3. The van der Waals surface area contributed by atoms with E-state index in [9.17, 15) is 9.59 Å². The average molecular weight is 319 g/mol. The van der Waals surface area contributed by atoms with Crippen molar-refractivity contribution in [2.45, 2.75) is 0 Å². The predicted molar refractivity (Wildman–Crippen MR) is 95.2 cm³/mol. The van der Waals surface area contributed by atoms with Gasteiger partial charge in [-0.15, -0.1) is 0 Å².